The number of hydrogen-bond acceptors (Lipinski definition) is 2. The first-order valence-electron chi connectivity index (χ1n) is 6.61. The van der Waals surface area contributed by atoms with Crippen LogP contribution < -0.4 is 5.73 Å². The van der Waals surface area contributed by atoms with E-state index in [1.165, 1.54) is 5.56 Å². The van der Waals surface area contributed by atoms with Gasteiger partial charge in [0, 0.05) is 28.1 Å². The van der Waals surface area contributed by atoms with Crippen molar-refractivity contribution in [3.8, 4) is 0 Å². The molecule has 2 aromatic rings. The molecule has 0 aliphatic carbocycles. The molecule has 0 amide bonds. The molecule has 0 bridgehead atoms. The van der Waals surface area contributed by atoms with Crippen molar-refractivity contribution < 1.29 is 0 Å². The molecule has 0 aliphatic heterocycles. The number of benzene rings is 2. The topological polar surface area (TPSA) is 29.3 Å². The van der Waals surface area contributed by atoms with E-state index in [4.69, 9.17) is 17.3 Å². The van der Waals surface area contributed by atoms with Gasteiger partial charge >= 0.3 is 0 Å². The second-order valence-corrected chi connectivity index (χ2v) is 7.15. The summed E-state index contributed by atoms with van der Waals surface area (Å²) in [6.07, 6.45) is 0. The number of likely N-dealkylation sites (N-methyl/N-ethyl adjacent to an activating group) is 1. The molecule has 2 N–H and O–H groups in total. The van der Waals surface area contributed by atoms with Crippen molar-refractivity contribution in [2.75, 3.05) is 13.6 Å². The number of rotatable bonds is 5. The Morgan fingerprint density at radius 2 is 1.95 bits per heavy atom. The third-order valence-corrected chi connectivity index (χ3v) is 5.13. The third kappa shape index (κ3) is 4.54. The zero-order valence-electron chi connectivity index (χ0n) is 11.7. The molecular formula is C16H17Br2ClN2. The average Bonchev–Trinajstić information content (AvgIpc) is 2.43. The molecule has 2 rings (SSSR count). The van der Waals surface area contributed by atoms with E-state index in [0.29, 0.717) is 11.6 Å². The van der Waals surface area contributed by atoms with Crippen LogP contribution >= 0.6 is 43.5 Å². The van der Waals surface area contributed by atoms with Crippen molar-refractivity contribution in [3.05, 3.63) is 67.6 Å². The van der Waals surface area contributed by atoms with Gasteiger partial charge in [-0.3, -0.25) is 4.90 Å². The molecule has 0 aliphatic rings. The molecule has 21 heavy (non-hydrogen) atoms. The lowest BCUT2D eigenvalue weighted by atomic mass is 10.0. The fourth-order valence-electron chi connectivity index (χ4n) is 2.32. The minimum Gasteiger partial charge on any atom is -0.329 e. The number of nitrogens with two attached hydrogens (primary N) is 1. The Labute approximate surface area is 147 Å². The van der Waals surface area contributed by atoms with Crippen LogP contribution in [0.4, 0.5) is 0 Å². The van der Waals surface area contributed by atoms with Crippen LogP contribution in [0, 0.1) is 0 Å². The first kappa shape index (κ1) is 17.0. The lowest BCUT2D eigenvalue weighted by Crippen LogP contribution is -2.30. The zero-order chi connectivity index (χ0) is 15.4. The van der Waals surface area contributed by atoms with Crippen LogP contribution in [0.3, 0.4) is 0 Å². The maximum Gasteiger partial charge on any atom is 0.0551 e. The molecule has 112 valence electrons. The van der Waals surface area contributed by atoms with Gasteiger partial charge in [-0.25, -0.2) is 0 Å². The molecule has 1 unspecified atom stereocenters. The van der Waals surface area contributed by atoms with Crippen molar-refractivity contribution in [1.82, 2.24) is 4.90 Å². The van der Waals surface area contributed by atoms with Gasteiger partial charge in [-0.05, 0) is 58.4 Å². The molecule has 5 heteroatoms. The van der Waals surface area contributed by atoms with E-state index in [9.17, 15) is 0 Å². The predicted octanol–water partition coefficient (Wildman–Crippen LogP) is 5.00. The predicted molar refractivity (Wildman–Crippen MR) is 96.6 cm³/mol. The lowest BCUT2D eigenvalue weighted by Gasteiger charge is -2.27. The second-order valence-electron chi connectivity index (χ2n) is 4.97. The third-order valence-electron chi connectivity index (χ3n) is 3.40. The van der Waals surface area contributed by atoms with E-state index in [2.05, 4.69) is 62.0 Å². The van der Waals surface area contributed by atoms with Crippen LogP contribution in [0.15, 0.2) is 51.4 Å². The van der Waals surface area contributed by atoms with E-state index < -0.39 is 0 Å². The highest BCUT2D eigenvalue weighted by Crippen LogP contribution is 2.28. The molecular weight excluding hydrogens is 415 g/mol. The van der Waals surface area contributed by atoms with Crippen molar-refractivity contribution in [2.45, 2.75) is 12.6 Å². The normalized spacial score (nSPS) is 12.7. The molecule has 0 fully saturated rings. The Kier molecular flexibility index (Phi) is 6.26. The van der Waals surface area contributed by atoms with Gasteiger partial charge in [0.2, 0.25) is 0 Å². The summed E-state index contributed by atoms with van der Waals surface area (Å²) in [7, 11) is 2.08. The van der Waals surface area contributed by atoms with Gasteiger partial charge in [0.25, 0.3) is 0 Å². The molecule has 0 radical (unpaired) electrons. The molecule has 1 atom stereocenters. The Hall–Kier alpha value is -0.390. The summed E-state index contributed by atoms with van der Waals surface area (Å²) in [5.41, 5.74) is 8.34. The molecule has 0 spiro atoms. The smallest absolute Gasteiger partial charge is 0.0551 e. The highest BCUT2D eigenvalue weighted by Gasteiger charge is 2.16. The van der Waals surface area contributed by atoms with Crippen LogP contribution in [0.2, 0.25) is 5.02 Å². The zero-order valence-corrected chi connectivity index (χ0v) is 15.6. The van der Waals surface area contributed by atoms with Crippen molar-refractivity contribution in [1.29, 1.82) is 0 Å². The fourth-order valence-corrected chi connectivity index (χ4v) is 3.21. The summed E-state index contributed by atoms with van der Waals surface area (Å²) in [6.45, 7) is 1.37. The van der Waals surface area contributed by atoms with E-state index in [-0.39, 0.29) is 6.04 Å². The van der Waals surface area contributed by atoms with E-state index in [0.717, 1.165) is 21.1 Å². The Bertz CT molecular complexity index is 619. The van der Waals surface area contributed by atoms with Crippen LogP contribution in [-0.2, 0) is 6.54 Å². The van der Waals surface area contributed by atoms with Crippen molar-refractivity contribution in [2.24, 2.45) is 5.73 Å². The minimum absolute atomic E-state index is 0.134. The van der Waals surface area contributed by atoms with Crippen LogP contribution in [0.25, 0.3) is 0 Å². The molecule has 2 nitrogen and oxygen atoms in total. The van der Waals surface area contributed by atoms with Gasteiger partial charge in [0.1, 0.15) is 0 Å². The van der Waals surface area contributed by atoms with Crippen molar-refractivity contribution in [3.63, 3.8) is 0 Å². The van der Waals surface area contributed by atoms with Gasteiger partial charge in [0.05, 0.1) is 5.02 Å². The summed E-state index contributed by atoms with van der Waals surface area (Å²) < 4.78 is 1.99. The average molecular weight is 433 g/mol. The largest absolute Gasteiger partial charge is 0.329 e. The minimum atomic E-state index is 0.134. The van der Waals surface area contributed by atoms with E-state index >= 15 is 0 Å². The monoisotopic (exact) mass is 430 g/mol. The Balaban J connectivity index is 2.18. The molecule has 0 aromatic heterocycles. The maximum atomic E-state index is 6.19. The lowest BCUT2D eigenvalue weighted by molar-refractivity contribution is 0.242. The highest BCUT2D eigenvalue weighted by atomic mass is 79.9. The molecule has 0 heterocycles. The van der Waals surface area contributed by atoms with Gasteiger partial charge in [0.15, 0.2) is 0 Å². The Morgan fingerprint density at radius 1 is 1.19 bits per heavy atom. The van der Waals surface area contributed by atoms with Gasteiger partial charge in [-0.15, -0.1) is 0 Å². The summed E-state index contributed by atoms with van der Waals surface area (Å²) in [5.74, 6) is 0. The summed E-state index contributed by atoms with van der Waals surface area (Å²) >= 11 is 13.1. The van der Waals surface area contributed by atoms with Crippen LogP contribution in [0.1, 0.15) is 17.2 Å². The first-order valence-corrected chi connectivity index (χ1v) is 8.57. The van der Waals surface area contributed by atoms with E-state index in [1.54, 1.807) is 0 Å². The SMILES string of the molecule is CN(Cc1cccc(Br)c1)C(CN)c1ccc(Br)c(Cl)c1. The second kappa shape index (κ2) is 7.75. The molecule has 2 aromatic carbocycles. The summed E-state index contributed by atoms with van der Waals surface area (Å²) in [5, 5.41) is 0.710. The van der Waals surface area contributed by atoms with Gasteiger partial charge in [-0.1, -0.05) is 45.7 Å². The number of nitrogens with zero attached hydrogens (tertiary/aromatic N) is 1. The molecule has 0 saturated carbocycles. The summed E-state index contributed by atoms with van der Waals surface area (Å²) in [4.78, 5) is 2.24. The van der Waals surface area contributed by atoms with Gasteiger partial charge in [-0.2, -0.15) is 0 Å². The fraction of sp³-hybridized carbons (Fsp3) is 0.250. The number of halogens is 3. The first-order chi connectivity index (χ1) is 10.0. The van der Waals surface area contributed by atoms with Crippen LogP contribution in [0.5, 0.6) is 0 Å². The van der Waals surface area contributed by atoms with Gasteiger partial charge < -0.3 is 5.73 Å². The Morgan fingerprint density at radius 3 is 2.57 bits per heavy atom. The van der Waals surface area contributed by atoms with Crippen LogP contribution in [-0.4, -0.2) is 18.5 Å². The van der Waals surface area contributed by atoms with Crippen molar-refractivity contribution >= 4 is 43.5 Å². The quantitative estimate of drug-likeness (QED) is 0.721. The number of hydrogen-bond donors (Lipinski definition) is 1. The van der Waals surface area contributed by atoms with E-state index in [1.807, 2.05) is 24.3 Å². The maximum absolute atomic E-state index is 6.19. The molecule has 0 saturated heterocycles. The summed E-state index contributed by atoms with van der Waals surface area (Å²) in [6, 6.07) is 14.4. The standard InChI is InChI=1S/C16H17Br2ClN2/c1-21(10-11-3-2-4-13(17)7-11)16(9-20)12-5-6-14(18)15(19)8-12/h2-8,16H,9-10,20H2,1H3. The highest BCUT2D eigenvalue weighted by molar-refractivity contribution is 9.10.